The minimum Gasteiger partial charge on any atom is -0.0622 e. The zero-order chi connectivity index (χ0) is 11.4. The van der Waals surface area contributed by atoms with Gasteiger partial charge in [-0.25, -0.2) is 0 Å². The molecular weight excluding hydrogens is 180 g/mol. The highest BCUT2D eigenvalue weighted by Gasteiger charge is 2.52. The van der Waals surface area contributed by atoms with Crippen LogP contribution in [0.2, 0.25) is 0 Å². The average Bonchev–Trinajstić information content (AvgIpc) is 2.26. The molecule has 0 aromatic heterocycles. The third kappa shape index (κ3) is 1.74. The van der Waals surface area contributed by atoms with Crippen LogP contribution in [0.25, 0.3) is 0 Å². The summed E-state index contributed by atoms with van der Waals surface area (Å²) < 4.78 is 0. The molecule has 0 heteroatoms. The lowest BCUT2D eigenvalue weighted by atomic mass is 9.59. The van der Waals surface area contributed by atoms with Crippen molar-refractivity contribution in [2.24, 2.45) is 34.5 Å². The molecule has 4 atom stereocenters. The molecule has 2 rings (SSSR count). The van der Waals surface area contributed by atoms with Crippen molar-refractivity contribution < 1.29 is 0 Å². The van der Waals surface area contributed by atoms with Gasteiger partial charge in [-0.05, 0) is 53.8 Å². The quantitative estimate of drug-likeness (QED) is 0.539. The molecule has 0 N–H and O–H groups in total. The average molecular weight is 208 g/mol. The van der Waals surface area contributed by atoms with Crippen molar-refractivity contribution in [3.05, 3.63) is 0 Å². The molecule has 2 aliphatic rings. The molecule has 0 saturated heterocycles. The van der Waals surface area contributed by atoms with Crippen LogP contribution in [0.3, 0.4) is 0 Å². The highest BCUT2D eigenvalue weighted by Crippen LogP contribution is 2.60. The standard InChI is InChI=1S/C15H28/c1-10-8-14(3,4)9-13-12(10)7-11(2)15(13,5)6/h10-13H,7-9H2,1-6H3. The fraction of sp³-hybridized carbons (Fsp3) is 1.00. The Balaban J connectivity index is 2.26. The zero-order valence-corrected chi connectivity index (χ0v) is 11.4. The summed E-state index contributed by atoms with van der Waals surface area (Å²) in [7, 11) is 0. The Labute approximate surface area is 95.8 Å². The van der Waals surface area contributed by atoms with Crippen molar-refractivity contribution in [2.45, 2.75) is 60.8 Å². The summed E-state index contributed by atoms with van der Waals surface area (Å²) >= 11 is 0. The van der Waals surface area contributed by atoms with E-state index in [2.05, 4.69) is 41.5 Å². The minimum atomic E-state index is 0.580. The number of hydrogen-bond donors (Lipinski definition) is 0. The molecule has 2 fully saturated rings. The summed E-state index contributed by atoms with van der Waals surface area (Å²) in [6.45, 7) is 14.9. The van der Waals surface area contributed by atoms with E-state index in [0.717, 1.165) is 23.7 Å². The Bertz CT molecular complexity index is 249. The normalized spacial score (nSPS) is 47.6. The van der Waals surface area contributed by atoms with Crippen molar-refractivity contribution in [3.63, 3.8) is 0 Å². The molecule has 2 saturated carbocycles. The molecule has 0 amide bonds. The first-order valence-electron chi connectivity index (χ1n) is 6.74. The highest BCUT2D eigenvalue weighted by atomic mass is 14.6. The molecule has 0 radical (unpaired) electrons. The van der Waals surface area contributed by atoms with Crippen LogP contribution in [0.5, 0.6) is 0 Å². The summed E-state index contributed by atoms with van der Waals surface area (Å²) in [6, 6.07) is 0. The van der Waals surface area contributed by atoms with Gasteiger partial charge in [0.05, 0.1) is 0 Å². The first-order chi connectivity index (χ1) is 6.74. The molecule has 88 valence electrons. The molecule has 15 heavy (non-hydrogen) atoms. The van der Waals surface area contributed by atoms with E-state index in [0.29, 0.717) is 10.8 Å². The predicted molar refractivity (Wildman–Crippen MR) is 66.7 cm³/mol. The Morgan fingerprint density at radius 1 is 0.933 bits per heavy atom. The number of hydrogen-bond acceptors (Lipinski definition) is 0. The van der Waals surface area contributed by atoms with E-state index in [9.17, 15) is 0 Å². The van der Waals surface area contributed by atoms with Gasteiger partial charge in [-0.1, -0.05) is 41.5 Å². The van der Waals surface area contributed by atoms with Gasteiger partial charge >= 0.3 is 0 Å². The van der Waals surface area contributed by atoms with Gasteiger partial charge in [-0.3, -0.25) is 0 Å². The maximum absolute atomic E-state index is 2.51. The Morgan fingerprint density at radius 2 is 1.53 bits per heavy atom. The van der Waals surface area contributed by atoms with E-state index >= 15 is 0 Å². The zero-order valence-electron chi connectivity index (χ0n) is 11.4. The molecule has 0 spiro atoms. The second-order valence-corrected chi connectivity index (χ2v) is 7.78. The fourth-order valence-electron chi connectivity index (χ4n) is 4.54. The topological polar surface area (TPSA) is 0 Å². The predicted octanol–water partition coefficient (Wildman–Crippen LogP) is 4.74. The fourth-order valence-corrected chi connectivity index (χ4v) is 4.54. The van der Waals surface area contributed by atoms with Crippen LogP contribution in [0.15, 0.2) is 0 Å². The van der Waals surface area contributed by atoms with E-state index in [1.54, 1.807) is 0 Å². The summed E-state index contributed by atoms with van der Waals surface area (Å²) in [5, 5.41) is 0. The van der Waals surface area contributed by atoms with E-state index in [1.165, 1.54) is 19.3 Å². The van der Waals surface area contributed by atoms with Crippen LogP contribution >= 0.6 is 0 Å². The van der Waals surface area contributed by atoms with Gasteiger partial charge in [-0.15, -0.1) is 0 Å². The Hall–Kier alpha value is 0. The van der Waals surface area contributed by atoms with Crippen molar-refractivity contribution >= 4 is 0 Å². The van der Waals surface area contributed by atoms with Gasteiger partial charge in [0.15, 0.2) is 0 Å². The van der Waals surface area contributed by atoms with Gasteiger partial charge in [0.2, 0.25) is 0 Å². The van der Waals surface area contributed by atoms with Crippen molar-refractivity contribution in [3.8, 4) is 0 Å². The third-order valence-corrected chi connectivity index (χ3v) is 5.75. The Morgan fingerprint density at radius 3 is 2.13 bits per heavy atom. The first-order valence-corrected chi connectivity index (χ1v) is 6.74. The first kappa shape index (κ1) is 11.5. The SMILES string of the molecule is CC1CC(C)(C)CC2C1CC(C)C2(C)C. The largest absolute Gasteiger partial charge is 0.0622 e. The summed E-state index contributed by atoms with van der Waals surface area (Å²) in [5.41, 5.74) is 1.17. The molecule has 0 aromatic rings. The van der Waals surface area contributed by atoms with Crippen LogP contribution in [0, 0.1) is 34.5 Å². The van der Waals surface area contributed by atoms with Gasteiger partial charge in [-0.2, -0.15) is 0 Å². The maximum atomic E-state index is 2.51. The molecule has 0 heterocycles. The van der Waals surface area contributed by atoms with Gasteiger partial charge < -0.3 is 0 Å². The smallest absolute Gasteiger partial charge is 0.0297 e. The van der Waals surface area contributed by atoms with Crippen molar-refractivity contribution in [1.29, 1.82) is 0 Å². The van der Waals surface area contributed by atoms with Crippen molar-refractivity contribution in [2.75, 3.05) is 0 Å². The summed E-state index contributed by atoms with van der Waals surface area (Å²) in [5.74, 6) is 3.86. The van der Waals surface area contributed by atoms with Crippen LogP contribution in [-0.2, 0) is 0 Å². The molecular formula is C15H28. The van der Waals surface area contributed by atoms with E-state index in [1.807, 2.05) is 0 Å². The van der Waals surface area contributed by atoms with E-state index in [-0.39, 0.29) is 0 Å². The molecule has 2 aliphatic carbocycles. The number of rotatable bonds is 0. The van der Waals surface area contributed by atoms with Crippen LogP contribution in [0.4, 0.5) is 0 Å². The molecule has 0 bridgehead atoms. The van der Waals surface area contributed by atoms with E-state index in [4.69, 9.17) is 0 Å². The molecule has 0 aromatic carbocycles. The number of fused-ring (bicyclic) bond motifs is 1. The summed E-state index contributed by atoms with van der Waals surface area (Å²) in [6.07, 6.45) is 4.38. The Kier molecular flexibility index (Phi) is 2.48. The maximum Gasteiger partial charge on any atom is -0.0297 e. The monoisotopic (exact) mass is 208 g/mol. The third-order valence-electron chi connectivity index (χ3n) is 5.75. The van der Waals surface area contributed by atoms with Gasteiger partial charge in [0, 0.05) is 0 Å². The van der Waals surface area contributed by atoms with Gasteiger partial charge in [0.1, 0.15) is 0 Å². The van der Waals surface area contributed by atoms with Crippen LogP contribution in [-0.4, -0.2) is 0 Å². The summed E-state index contributed by atoms with van der Waals surface area (Å²) in [4.78, 5) is 0. The molecule has 0 nitrogen and oxygen atoms in total. The lowest BCUT2D eigenvalue weighted by Gasteiger charge is -2.46. The molecule has 0 aliphatic heterocycles. The van der Waals surface area contributed by atoms with Gasteiger partial charge in [0.25, 0.3) is 0 Å². The second kappa shape index (κ2) is 3.25. The van der Waals surface area contributed by atoms with Crippen LogP contribution in [0.1, 0.15) is 60.8 Å². The lowest BCUT2D eigenvalue weighted by molar-refractivity contribution is 0.0340. The lowest BCUT2D eigenvalue weighted by Crippen LogP contribution is -2.38. The molecule has 4 unspecified atom stereocenters. The van der Waals surface area contributed by atoms with Crippen molar-refractivity contribution in [1.82, 2.24) is 0 Å². The second-order valence-electron chi connectivity index (χ2n) is 7.78. The van der Waals surface area contributed by atoms with Crippen LogP contribution < -0.4 is 0 Å². The minimum absolute atomic E-state index is 0.580. The highest BCUT2D eigenvalue weighted by molar-refractivity contribution is 5.02. The van der Waals surface area contributed by atoms with E-state index < -0.39 is 0 Å².